The molecule has 0 N–H and O–H groups in total. The van der Waals surface area contributed by atoms with Crippen molar-refractivity contribution in [1.29, 1.82) is 0 Å². The Kier molecular flexibility index (Phi) is 5.81. The molecule has 2 aromatic rings. The Morgan fingerprint density at radius 1 is 1.20 bits per heavy atom. The monoisotopic (exact) mass is 358 g/mol. The average Bonchev–Trinajstić information content (AvgIpc) is 3.10. The molecule has 0 bridgehead atoms. The van der Waals surface area contributed by atoms with Gasteiger partial charge in [0.15, 0.2) is 5.16 Å². The number of rotatable bonds is 5. The van der Waals surface area contributed by atoms with Crippen molar-refractivity contribution in [2.45, 2.75) is 25.9 Å². The van der Waals surface area contributed by atoms with Crippen LogP contribution in [0.3, 0.4) is 0 Å². The second kappa shape index (κ2) is 8.06. The van der Waals surface area contributed by atoms with Crippen molar-refractivity contribution in [3.63, 3.8) is 0 Å². The van der Waals surface area contributed by atoms with Crippen molar-refractivity contribution >= 4 is 17.7 Å². The summed E-state index contributed by atoms with van der Waals surface area (Å²) in [6.07, 6.45) is 3.77. The van der Waals surface area contributed by atoms with Crippen LogP contribution in [0.25, 0.3) is 5.69 Å². The lowest BCUT2D eigenvalue weighted by Gasteiger charge is -2.34. The van der Waals surface area contributed by atoms with Crippen LogP contribution in [0.2, 0.25) is 0 Å². The number of hydrogen-bond acceptors (Lipinski definition) is 4. The topological polar surface area (TPSA) is 41.4 Å². The average molecular weight is 359 g/mol. The number of hydrogen-bond donors (Lipinski definition) is 0. The van der Waals surface area contributed by atoms with Crippen LogP contribution in [0, 0.1) is 13.8 Å². The summed E-state index contributed by atoms with van der Waals surface area (Å²) in [5.41, 5.74) is 3.63. The van der Waals surface area contributed by atoms with Gasteiger partial charge >= 0.3 is 0 Å². The summed E-state index contributed by atoms with van der Waals surface area (Å²) in [6, 6.07) is 6.27. The zero-order valence-electron chi connectivity index (χ0n) is 15.2. The van der Waals surface area contributed by atoms with E-state index in [4.69, 9.17) is 0 Å². The van der Waals surface area contributed by atoms with Crippen molar-refractivity contribution in [2.24, 2.45) is 0 Å². The molecule has 2 heterocycles. The number of piperazine rings is 1. The Labute approximate surface area is 154 Å². The minimum Gasteiger partial charge on any atom is -0.339 e. The van der Waals surface area contributed by atoms with E-state index in [0.29, 0.717) is 5.75 Å². The van der Waals surface area contributed by atoms with Crippen LogP contribution < -0.4 is 0 Å². The van der Waals surface area contributed by atoms with Gasteiger partial charge in [0, 0.05) is 38.6 Å². The zero-order valence-corrected chi connectivity index (χ0v) is 16.1. The van der Waals surface area contributed by atoms with Gasteiger partial charge in [0.1, 0.15) is 0 Å². The SMILES string of the molecule is CCN1CCN(C(=O)CSc2nccn2-c2cccc(C)c2C)CC1. The lowest BCUT2D eigenvalue weighted by Crippen LogP contribution is -2.49. The predicted octanol–water partition coefficient (Wildman–Crippen LogP) is 2.75. The van der Waals surface area contributed by atoms with Crippen LogP contribution >= 0.6 is 11.8 Å². The maximum absolute atomic E-state index is 12.5. The van der Waals surface area contributed by atoms with E-state index in [2.05, 4.69) is 53.4 Å². The fourth-order valence-corrected chi connectivity index (χ4v) is 3.98. The quantitative estimate of drug-likeness (QED) is 0.771. The van der Waals surface area contributed by atoms with E-state index in [-0.39, 0.29) is 5.91 Å². The first-order valence-electron chi connectivity index (χ1n) is 8.83. The number of carbonyl (C=O) groups excluding carboxylic acids is 1. The van der Waals surface area contributed by atoms with Gasteiger partial charge in [-0.25, -0.2) is 4.98 Å². The van der Waals surface area contributed by atoms with Gasteiger partial charge in [0.05, 0.1) is 11.4 Å². The summed E-state index contributed by atoms with van der Waals surface area (Å²) in [5.74, 6) is 0.643. The van der Waals surface area contributed by atoms with E-state index in [0.717, 1.165) is 43.6 Å². The van der Waals surface area contributed by atoms with Gasteiger partial charge in [0.25, 0.3) is 0 Å². The van der Waals surface area contributed by atoms with Crippen molar-refractivity contribution < 1.29 is 4.79 Å². The molecule has 0 spiro atoms. The molecule has 1 fully saturated rings. The molecule has 0 saturated carbocycles. The van der Waals surface area contributed by atoms with Crippen LogP contribution in [0.1, 0.15) is 18.1 Å². The van der Waals surface area contributed by atoms with Crippen LogP contribution in [0.4, 0.5) is 0 Å². The van der Waals surface area contributed by atoms with Crippen LogP contribution in [0.15, 0.2) is 35.7 Å². The Bertz CT molecular complexity index is 735. The largest absolute Gasteiger partial charge is 0.339 e. The number of benzene rings is 1. The summed E-state index contributed by atoms with van der Waals surface area (Å²) in [5, 5.41) is 0.870. The van der Waals surface area contributed by atoms with Crippen LogP contribution in [0.5, 0.6) is 0 Å². The lowest BCUT2D eigenvalue weighted by atomic mass is 10.1. The Morgan fingerprint density at radius 3 is 2.68 bits per heavy atom. The smallest absolute Gasteiger partial charge is 0.233 e. The lowest BCUT2D eigenvalue weighted by molar-refractivity contribution is -0.130. The number of carbonyl (C=O) groups is 1. The van der Waals surface area contributed by atoms with E-state index in [9.17, 15) is 4.79 Å². The molecule has 1 aromatic heterocycles. The van der Waals surface area contributed by atoms with Gasteiger partial charge in [-0.1, -0.05) is 30.8 Å². The third-order valence-electron chi connectivity index (χ3n) is 4.94. The molecule has 1 aromatic carbocycles. The Hall–Kier alpha value is -1.79. The highest BCUT2D eigenvalue weighted by molar-refractivity contribution is 7.99. The van der Waals surface area contributed by atoms with Gasteiger partial charge in [-0.15, -0.1) is 0 Å². The van der Waals surface area contributed by atoms with E-state index in [1.807, 2.05) is 11.1 Å². The van der Waals surface area contributed by atoms with Gasteiger partial charge in [-0.05, 0) is 37.6 Å². The van der Waals surface area contributed by atoms with Crippen molar-refractivity contribution in [1.82, 2.24) is 19.4 Å². The summed E-state index contributed by atoms with van der Waals surface area (Å²) in [7, 11) is 0. The second-order valence-corrected chi connectivity index (χ2v) is 7.35. The van der Waals surface area contributed by atoms with E-state index in [1.54, 1.807) is 6.20 Å². The highest BCUT2D eigenvalue weighted by atomic mass is 32.2. The first-order valence-corrected chi connectivity index (χ1v) is 9.81. The molecule has 0 aliphatic carbocycles. The van der Waals surface area contributed by atoms with Crippen molar-refractivity contribution in [3.8, 4) is 5.69 Å². The normalized spacial score (nSPS) is 15.6. The molecule has 1 aliphatic heterocycles. The molecule has 134 valence electrons. The van der Waals surface area contributed by atoms with E-state index >= 15 is 0 Å². The molecule has 3 rings (SSSR count). The molecule has 1 aliphatic rings. The summed E-state index contributed by atoms with van der Waals surface area (Å²) in [6.45, 7) is 11.1. The summed E-state index contributed by atoms with van der Waals surface area (Å²) in [4.78, 5) is 21.3. The maximum Gasteiger partial charge on any atom is 0.233 e. The van der Waals surface area contributed by atoms with Gasteiger partial charge in [-0.3, -0.25) is 9.36 Å². The van der Waals surface area contributed by atoms with Crippen LogP contribution in [-0.2, 0) is 4.79 Å². The molecule has 5 nitrogen and oxygen atoms in total. The van der Waals surface area contributed by atoms with Crippen molar-refractivity contribution in [2.75, 3.05) is 38.5 Å². The third-order valence-corrected chi connectivity index (χ3v) is 5.89. The number of aromatic nitrogens is 2. The van der Waals surface area contributed by atoms with E-state index < -0.39 is 0 Å². The molecular formula is C19H26N4OS. The minimum absolute atomic E-state index is 0.205. The van der Waals surface area contributed by atoms with E-state index in [1.165, 1.54) is 22.9 Å². The molecule has 0 radical (unpaired) electrons. The Balaban J connectivity index is 1.64. The van der Waals surface area contributed by atoms with Gasteiger partial charge in [-0.2, -0.15) is 0 Å². The molecule has 0 unspecified atom stereocenters. The summed E-state index contributed by atoms with van der Waals surface area (Å²) >= 11 is 1.52. The Morgan fingerprint density at radius 2 is 1.96 bits per heavy atom. The molecule has 6 heteroatoms. The predicted molar refractivity (Wildman–Crippen MR) is 102 cm³/mol. The van der Waals surface area contributed by atoms with Gasteiger partial charge in [0.2, 0.25) is 5.91 Å². The zero-order chi connectivity index (χ0) is 17.8. The molecular weight excluding hydrogens is 332 g/mol. The number of amides is 1. The number of aryl methyl sites for hydroxylation is 1. The fraction of sp³-hybridized carbons (Fsp3) is 0.474. The first-order chi connectivity index (χ1) is 12.1. The number of nitrogens with zero attached hydrogens (tertiary/aromatic N) is 4. The van der Waals surface area contributed by atoms with Gasteiger partial charge < -0.3 is 9.80 Å². The maximum atomic E-state index is 12.5. The standard InChI is InChI=1S/C19H26N4OS/c1-4-21-10-12-22(13-11-21)18(24)14-25-19-20-8-9-23(19)17-7-5-6-15(2)16(17)3/h5-9H,4,10-14H2,1-3H3. The number of thioether (sulfide) groups is 1. The van der Waals surface area contributed by atoms with Crippen molar-refractivity contribution in [3.05, 3.63) is 41.7 Å². The molecule has 0 atom stereocenters. The molecule has 1 saturated heterocycles. The highest BCUT2D eigenvalue weighted by Crippen LogP contribution is 2.24. The first kappa shape index (κ1) is 18.0. The number of likely N-dealkylation sites (N-methyl/N-ethyl adjacent to an activating group) is 1. The minimum atomic E-state index is 0.205. The van der Waals surface area contributed by atoms with Crippen LogP contribution in [-0.4, -0.2) is 63.7 Å². The second-order valence-electron chi connectivity index (χ2n) is 6.40. The fourth-order valence-electron chi connectivity index (χ4n) is 3.11. The summed E-state index contributed by atoms with van der Waals surface area (Å²) < 4.78 is 2.08. The molecule has 1 amide bonds. The third kappa shape index (κ3) is 4.07. The number of imidazole rings is 1. The highest BCUT2D eigenvalue weighted by Gasteiger charge is 2.21. The molecule has 25 heavy (non-hydrogen) atoms.